The molecule has 1 heterocycles. The first-order valence-corrected chi connectivity index (χ1v) is 11.6. The molecule has 4 rings (SSSR count). The first kappa shape index (κ1) is 22.0. The summed E-state index contributed by atoms with van der Waals surface area (Å²) in [6.07, 6.45) is 3.21. The van der Waals surface area contributed by atoms with E-state index in [-0.39, 0.29) is 17.2 Å². The summed E-state index contributed by atoms with van der Waals surface area (Å²) in [7, 11) is 0. The van der Waals surface area contributed by atoms with E-state index >= 15 is 0 Å². The van der Waals surface area contributed by atoms with Gasteiger partial charge >= 0.3 is 0 Å². The fraction of sp³-hybridized carbons (Fsp3) is 0.231. The third-order valence-electron chi connectivity index (χ3n) is 5.12. The maximum Gasteiger partial charge on any atom is 0.260 e. The number of ether oxygens (including phenoxy) is 1. The summed E-state index contributed by atoms with van der Waals surface area (Å²) in [6.45, 7) is 3.10. The Morgan fingerprint density at radius 1 is 1.03 bits per heavy atom. The molecule has 1 aromatic heterocycles. The molecule has 0 aliphatic heterocycles. The predicted octanol–water partition coefficient (Wildman–Crippen LogP) is 6.85. The van der Waals surface area contributed by atoms with E-state index in [2.05, 4.69) is 11.9 Å². The number of halogens is 1. The highest BCUT2D eigenvalue weighted by molar-refractivity contribution is 7.22. The van der Waals surface area contributed by atoms with Gasteiger partial charge in [-0.15, -0.1) is 0 Å². The fourth-order valence-electron chi connectivity index (χ4n) is 3.43. The smallest absolute Gasteiger partial charge is 0.260 e. The maximum atomic E-state index is 14.3. The highest BCUT2D eigenvalue weighted by atomic mass is 32.1. The van der Waals surface area contributed by atoms with Crippen molar-refractivity contribution in [2.75, 3.05) is 11.5 Å². The number of amides is 1. The molecule has 0 aliphatic carbocycles. The molecule has 0 unspecified atom stereocenters. The number of thiazole rings is 1. The van der Waals surface area contributed by atoms with E-state index in [1.807, 2.05) is 48.5 Å². The summed E-state index contributed by atoms with van der Waals surface area (Å²) in [5, 5.41) is 0.466. The van der Waals surface area contributed by atoms with E-state index < -0.39 is 0 Å². The van der Waals surface area contributed by atoms with Crippen molar-refractivity contribution in [3.63, 3.8) is 0 Å². The van der Waals surface area contributed by atoms with Crippen molar-refractivity contribution in [2.45, 2.75) is 32.7 Å². The Hall–Kier alpha value is -3.25. The van der Waals surface area contributed by atoms with Crippen LogP contribution in [0, 0.1) is 5.82 Å². The molecule has 0 atom stereocenters. The summed E-state index contributed by atoms with van der Waals surface area (Å²) in [6, 6.07) is 21.8. The number of nitrogens with zero attached hydrogens (tertiary/aromatic N) is 2. The highest BCUT2D eigenvalue weighted by Crippen LogP contribution is 2.32. The molecule has 0 spiro atoms. The zero-order valence-corrected chi connectivity index (χ0v) is 18.8. The van der Waals surface area contributed by atoms with Crippen molar-refractivity contribution in [3.8, 4) is 5.75 Å². The SMILES string of the molecule is CCCCCOc1cccc(C(=O)N(Cc2ccccc2)c2nc3c(F)cccc3s2)c1. The lowest BCUT2D eigenvalue weighted by molar-refractivity contribution is 0.0984. The molecule has 0 fully saturated rings. The Morgan fingerprint density at radius 2 is 1.84 bits per heavy atom. The predicted molar refractivity (Wildman–Crippen MR) is 128 cm³/mol. The van der Waals surface area contributed by atoms with Gasteiger partial charge in [0.15, 0.2) is 5.13 Å². The van der Waals surface area contributed by atoms with Gasteiger partial charge in [0.25, 0.3) is 5.91 Å². The van der Waals surface area contributed by atoms with E-state index in [1.165, 1.54) is 17.4 Å². The van der Waals surface area contributed by atoms with E-state index in [0.29, 0.717) is 34.3 Å². The van der Waals surface area contributed by atoms with Gasteiger partial charge in [-0.25, -0.2) is 9.37 Å². The molecule has 4 aromatic rings. The average molecular weight is 449 g/mol. The Labute approximate surface area is 191 Å². The van der Waals surface area contributed by atoms with Crippen LogP contribution in [0.25, 0.3) is 10.2 Å². The van der Waals surface area contributed by atoms with E-state index in [0.717, 1.165) is 24.8 Å². The first-order chi connectivity index (χ1) is 15.7. The molecule has 0 saturated carbocycles. The largest absolute Gasteiger partial charge is 0.494 e. The molecule has 0 radical (unpaired) electrons. The minimum absolute atomic E-state index is 0.202. The summed E-state index contributed by atoms with van der Waals surface area (Å²) < 4.78 is 20.8. The van der Waals surface area contributed by atoms with Crippen LogP contribution >= 0.6 is 11.3 Å². The van der Waals surface area contributed by atoms with Crippen LogP contribution in [0.15, 0.2) is 72.8 Å². The normalized spacial score (nSPS) is 10.9. The maximum absolute atomic E-state index is 14.3. The number of carbonyl (C=O) groups is 1. The number of hydrogen-bond acceptors (Lipinski definition) is 4. The minimum Gasteiger partial charge on any atom is -0.494 e. The Bertz CT molecular complexity index is 1190. The molecule has 1 amide bonds. The topological polar surface area (TPSA) is 42.4 Å². The zero-order chi connectivity index (χ0) is 22.3. The van der Waals surface area contributed by atoms with Gasteiger partial charge in [-0.1, -0.05) is 73.6 Å². The van der Waals surface area contributed by atoms with Gasteiger partial charge in [-0.2, -0.15) is 0 Å². The fourth-order valence-corrected chi connectivity index (χ4v) is 4.41. The van der Waals surface area contributed by atoms with Gasteiger partial charge in [0.05, 0.1) is 17.9 Å². The Morgan fingerprint density at radius 3 is 2.62 bits per heavy atom. The summed E-state index contributed by atoms with van der Waals surface area (Å²) in [5.74, 6) is 0.0777. The summed E-state index contributed by atoms with van der Waals surface area (Å²) >= 11 is 1.31. The van der Waals surface area contributed by atoms with Gasteiger partial charge in [-0.3, -0.25) is 9.69 Å². The van der Waals surface area contributed by atoms with Crippen LogP contribution in [0.5, 0.6) is 5.75 Å². The van der Waals surface area contributed by atoms with E-state index in [1.54, 1.807) is 23.1 Å². The van der Waals surface area contributed by atoms with Crippen molar-refractivity contribution in [3.05, 3.63) is 89.7 Å². The molecule has 0 aliphatic rings. The number of unbranched alkanes of at least 4 members (excludes halogenated alkanes) is 2. The zero-order valence-electron chi connectivity index (χ0n) is 18.0. The number of anilines is 1. The number of aromatic nitrogens is 1. The molecular formula is C26H25FN2O2S. The number of carbonyl (C=O) groups excluding carboxylic acids is 1. The second-order valence-corrected chi connectivity index (χ2v) is 8.55. The minimum atomic E-state index is -0.389. The third kappa shape index (κ3) is 5.14. The number of fused-ring (bicyclic) bond motifs is 1. The third-order valence-corrected chi connectivity index (χ3v) is 6.16. The van der Waals surface area contributed by atoms with Crippen molar-refractivity contribution in [2.24, 2.45) is 0 Å². The lowest BCUT2D eigenvalue weighted by Gasteiger charge is -2.20. The standard InChI is InChI=1S/C26H25FN2O2S/c1-2-3-7-16-31-21-13-8-12-20(17-21)25(30)29(18-19-10-5-4-6-11-19)26-28-24-22(27)14-9-15-23(24)32-26/h4-6,8-15,17H,2-3,7,16,18H2,1H3. The van der Waals surface area contributed by atoms with Gasteiger partial charge in [0.2, 0.25) is 0 Å². The van der Waals surface area contributed by atoms with Crippen LogP contribution in [0.2, 0.25) is 0 Å². The van der Waals surface area contributed by atoms with Crippen LogP contribution in [0.3, 0.4) is 0 Å². The second kappa shape index (κ2) is 10.4. The van der Waals surface area contributed by atoms with Gasteiger partial charge in [-0.05, 0) is 42.3 Å². The Kier molecular flexibility index (Phi) is 7.12. The summed E-state index contributed by atoms with van der Waals surface area (Å²) in [5.41, 5.74) is 1.76. The van der Waals surface area contributed by atoms with Gasteiger partial charge in [0, 0.05) is 5.56 Å². The van der Waals surface area contributed by atoms with E-state index in [4.69, 9.17) is 4.74 Å². The van der Waals surface area contributed by atoms with Crippen molar-refractivity contribution >= 4 is 32.6 Å². The molecule has 164 valence electrons. The van der Waals surface area contributed by atoms with Crippen molar-refractivity contribution in [1.82, 2.24) is 4.98 Å². The molecule has 6 heteroatoms. The molecule has 0 bridgehead atoms. The lowest BCUT2D eigenvalue weighted by Crippen LogP contribution is -2.30. The highest BCUT2D eigenvalue weighted by Gasteiger charge is 2.23. The van der Waals surface area contributed by atoms with Gasteiger partial charge in [0.1, 0.15) is 17.1 Å². The quantitative estimate of drug-likeness (QED) is 0.263. The van der Waals surface area contributed by atoms with Crippen molar-refractivity contribution < 1.29 is 13.9 Å². The second-order valence-electron chi connectivity index (χ2n) is 7.54. The van der Waals surface area contributed by atoms with Crippen LogP contribution in [0.4, 0.5) is 9.52 Å². The van der Waals surface area contributed by atoms with Crippen LogP contribution in [-0.2, 0) is 6.54 Å². The number of benzene rings is 3. The monoisotopic (exact) mass is 448 g/mol. The number of rotatable bonds is 9. The first-order valence-electron chi connectivity index (χ1n) is 10.8. The van der Waals surface area contributed by atoms with Gasteiger partial charge < -0.3 is 4.74 Å². The lowest BCUT2D eigenvalue weighted by atomic mass is 10.1. The average Bonchev–Trinajstić information content (AvgIpc) is 3.26. The molecule has 32 heavy (non-hydrogen) atoms. The van der Waals surface area contributed by atoms with Crippen LogP contribution in [0.1, 0.15) is 42.1 Å². The van der Waals surface area contributed by atoms with Crippen molar-refractivity contribution in [1.29, 1.82) is 0 Å². The molecule has 0 saturated heterocycles. The number of hydrogen-bond donors (Lipinski definition) is 0. The van der Waals surface area contributed by atoms with Crippen LogP contribution < -0.4 is 9.64 Å². The Balaban J connectivity index is 1.65. The molecular weight excluding hydrogens is 423 g/mol. The summed E-state index contributed by atoms with van der Waals surface area (Å²) in [4.78, 5) is 19.7. The molecule has 4 nitrogen and oxygen atoms in total. The molecule has 3 aromatic carbocycles. The van der Waals surface area contributed by atoms with Crippen LogP contribution in [-0.4, -0.2) is 17.5 Å². The number of para-hydroxylation sites is 1. The molecule has 0 N–H and O–H groups in total. The van der Waals surface area contributed by atoms with E-state index in [9.17, 15) is 9.18 Å².